The van der Waals surface area contributed by atoms with Crippen molar-refractivity contribution in [1.82, 2.24) is 0 Å². The lowest BCUT2D eigenvalue weighted by Crippen LogP contribution is -2.41. The van der Waals surface area contributed by atoms with Crippen LogP contribution in [-0.2, 0) is 5.54 Å². The fourth-order valence-electron chi connectivity index (χ4n) is 1.85. The number of benzene rings is 1. The summed E-state index contributed by atoms with van der Waals surface area (Å²) in [7, 11) is 0. The van der Waals surface area contributed by atoms with Crippen molar-refractivity contribution in [3.05, 3.63) is 41.2 Å². The fourth-order valence-corrected chi connectivity index (χ4v) is 1.85. The Balaban J connectivity index is 2.67. The van der Waals surface area contributed by atoms with Crippen LogP contribution >= 0.6 is 0 Å². The van der Waals surface area contributed by atoms with Gasteiger partial charge in [0.2, 0.25) is 0 Å². The Hall–Kier alpha value is -1.49. The Kier molecular flexibility index (Phi) is 1.63. The number of hydrogen-bond donors (Lipinski definition) is 0. The van der Waals surface area contributed by atoms with E-state index in [1.165, 1.54) is 0 Å². The van der Waals surface area contributed by atoms with Crippen LogP contribution in [0.1, 0.15) is 26.3 Å². The van der Waals surface area contributed by atoms with E-state index in [1.807, 2.05) is 45.0 Å². The molecule has 0 radical (unpaired) electrons. The maximum atomic E-state index is 7.33. The van der Waals surface area contributed by atoms with Crippen LogP contribution in [0.5, 0.6) is 5.75 Å². The highest BCUT2D eigenvalue weighted by Crippen LogP contribution is 2.49. The summed E-state index contributed by atoms with van der Waals surface area (Å²) in [4.78, 5) is 3.74. The second-order valence-electron chi connectivity index (χ2n) is 4.29. The number of para-hydroxylation sites is 1. The van der Waals surface area contributed by atoms with Crippen LogP contribution in [0, 0.1) is 6.57 Å². The third-order valence-corrected chi connectivity index (χ3v) is 3.17. The number of ether oxygens (including phenoxy) is 1. The van der Waals surface area contributed by atoms with Crippen molar-refractivity contribution in [3.8, 4) is 5.75 Å². The van der Waals surface area contributed by atoms with Crippen molar-refractivity contribution in [2.75, 3.05) is 0 Å². The first-order valence-corrected chi connectivity index (χ1v) is 4.68. The van der Waals surface area contributed by atoms with Gasteiger partial charge in [-0.1, -0.05) is 12.1 Å². The van der Waals surface area contributed by atoms with Crippen LogP contribution in [0.15, 0.2) is 24.3 Å². The van der Waals surface area contributed by atoms with Gasteiger partial charge in [-0.25, -0.2) is 6.57 Å². The van der Waals surface area contributed by atoms with Crippen molar-refractivity contribution in [2.24, 2.45) is 0 Å². The summed E-state index contributed by atoms with van der Waals surface area (Å²) in [6.45, 7) is 13.2. The first kappa shape index (κ1) is 9.08. The fraction of sp³-hybridized carbons (Fsp3) is 0.417. The molecule has 0 saturated carbocycles. The van der Waals surface area contributed by atoms with E-state index >= 15 is 0 Å². The van der Waals surface area contributed by atoms with Gasteiger partial charge in [-0.2, -0.15) is 0 Å². The van der Waals surface area contributed by atoms with E-state index in [1.54, 1.807) is 0 Å². The number of rotatable bonds is 0. The van der Waals surface area contributed by atoms with E-state index in [-0.39, 0.29) is 0 Å². The third-order valence-electron chi connectivity index (χ3n) is 3.17. The molecule has 1 aromatic carbocycles. The van der Waals surface area contributed by atoms with Crippen molar-refractivity contribution in [3.63, 3.8) is 0 Å². The molecule has 1 aliphatic heterocycles. The normalized spacial score (nSPS) is 27.6. The molecule has 1 atom stereocenters. The molecule has 2 nitrogen and oxygen atoms in total. The number of nitrogens with zero attached hydrogens (tertiary/aromatic N) is 1. The lowest BCUT2D eigenvalue weighted by molar-refractivity contribution is 0.0835. The van der Waals surface area contributed by atoms with E-state index in [9.17, 15) is 0 Å². The average molecular weight is 187 g/mol. The first-order valence-electron chi connectivity index (χ1n) is 4.68. The Bertz CT molecular complexity index is 417. The minimum Gasteiger partial charge on any atom is -0.478 e. The van der Waals surface area contributed by atoms with Gasteiger partial charge in [-0.3, -0.25) is 0 Å². The summed E-state index contributed by atoms with van der Waals surface area (Å²) >= 11 is 0. The molecule has 1 unspecified atom stereocenters. The van der Waals surface area contributed by atoms with E-state index in [0.717, 1.165) is 11.3 Å². The van der Waals surface area contributed by atoms with Crippen LogP contribution in [0.3, 0.4) is 0 Å². The minimum absolute atomic E-state index is 0.446. The van der Waals surface area contributed by atoms with Crippen LogP contribution in [0.2, 0.25) is 0 Å². The second-order valence-corrected chi connectivity index (χ2v) is 4.29. The van der Waals surface area contributed by atoms with Crippen LogP contribution in [-0.4, -0.2) is 5.60 Å². The molecule has 1 aromatic rings. The Morgan fingerprint density at radius 1 is 1.21 bits per heavy atom. The van der Waals surface area contributed by atoms with Crippen LogP contribution < -0.4 is 4.74 Å². The number of fused-ring (bicyclic) bond motifs is 1. The van der Waals surface area contributed by atoms with Gasteiger partial charge in [0.1, 0.15) is 5.75 Å². The molecule has 0 aromatic heterocycles. The van der Waals surface area contributed by atoms with Gasteiger partial charge in [0.05, 0.1) is 5.56 Å². The summed E-state index contributed by atoms with van der Waals surface area (Å²) in [5.41, 5.74) is -0.0119. The Morgan fingerprint density at radius 2 is 1.86 bits per heavy atom. The molecule has 2 rings (SSSR count). The topological polar surface area (TPSA) is 13.6 Å². The Morgan fingerprint density at radius 3 is 2.50 bits per heavy atom. The molecule has 1 aliphatic rings. The summed E-state index contributed by atoms with van der Waals surface area (Å²) in [6, 6.07) is 7.78. The molecule has 14 heavy (non-hydrogen) atoms. The molecule has 0 aliphatic carbocycles. The third kappa shape index (κ3) is 0.899. The van der Waals surface area contributed by atoms with E-state index in [4.69, 9.17) is 11.3 Å². The number of hydrogen-bond acceptors (Lipinski definition) is 1. The van der Waals surface area contributed by atoms with Crippen molar-refractivity contribution in [2.45, 2.75) is 31.9 Å². The molecular formula is C12H13NO. The molecule has 0 bridgehead atoms. The molecule has 72 valence electrons. The lowest BCUT2D eigenvalue weighted by atomic mass is 9.81. The van der Waals surface area contributed by atoms with E-state index in [0.29, 0.717) is 0 Å². The first-order chi connectivity index (χ1) is 6.51. The molecule has 0 spiro atoms. The maximum absolute atomic E-state index is 7.33. The minimum atomic E-state index is -0.566. The van der Waals surface area contributed by atoms with Gasteiger partial charge in [0.25, 0.3) is 5.54 Å². The molecular weight excluding hydrogens is 174 g/mol. The maximum Gasteiger partial charge on any atom is 0.296 e. The predicted octanol–water partition coefficient (Wildman–Crippen LogP) is 2.99. The van der Waals surface area contributed by atoms with Crippen LogP contribution in [0.4, 0.5) is 0 Å². The van der Waals surface area contributed by atoms with Crippen molar-refractivity contribution < 1.29 is 4.74 Å². The zero-order valence-corrected chi connectivity index (χ0v) is 8.66. The highest BCUT2D eigenvalue weighted by atomic mass is 16.5. The Labute approximate surface area is 84.3 Å². The summed E-state index contributed by atoms with van der Waals surface area (Å²) < 4.78 is 5.79. The molecule has 2 heteroatoms. The highest BCUT2D eigenvalue weighted by Gasteiger charge is 2.57. The average Bonchev–Trinajstić information content (AvgIpc) is 2.36. The standard InChI is InChI=1S/C12H13NO/c1-11(2)12(3,13-4)9-7-5-6-8-10(9)14-11/h5-8H,1-3H3. The quantitative estimate of drug-likeness (QED) is 0.569. The highest BCUT2D eigenvalue weighted by molar-refractivity contribution is 5.48. The molecule has 0 fully saturated rings. The monoisotopic (exact) mass is 187 g/mol. The van der Waals surface area contributed by atoms with Gasteiger partial charge < -0.3 is 9.58 Å². The van der Waals surface area contributed by atoms with Crippen molar-refractivity contribution in [1.29, 1.82) is 0 Å². The summed E-state index contributed by atoms with van der Waals surface area (Å²) in [6.07, 6.45) is 0. The van der Waals surface area contributed by atoms with Gasteiger partial charge in [0.15, 0.2) is 5.60 Å². The summed E-state index contributed by atoms with van der Waals surface area (Å²) in [5.74, 6) is 0.844. The molecule has 0 amide bonds. The largest absolute Gasteiger partial charge is 0.478 e. The smallest absolute Gasteiger partial charge is 0.296 e. The van der Waals surface area contributed by atoms with Gasteiger partial charge >= 0.3 is 0 Å². The molecule has 1 heterocycles. The second kappa shape index (κ2) is 2.51. The molecule has 0 N–H and O–H groups in total. The van der Waals surface area contributed by atoms with Gasteiger partial charge in [-0.05, 0) is 26.0 Å². The van der Waals surface area contributed by atoms with E-state index < -0.39 is 11.1 Å². The van der Waals surface area contributed by atoms with Crippen molar-refractivity contribution >= 4 is 0 Å². The van der Waals surface area contributed by atoms with Gasteiger partial charge in [-0.15, -0.1) is 0 Å². The van der Waals surface area contributed by atoms with Gasteiger partial charge in [0, 0.05) is 6.92 Å². The zero-order valence-electron chi connectivity index (χ0n) is 8.66. The summed E-state index contributed by atoms with van der Waals surface area (Å²) in [5, 5.41) is 0. The SMILES string of the molecule is [C-]#[N+]C1(C)c2ccccc2OC1(C)C. The lowest BCUT2D eigenvalue weighted by Gasteiger charge is -2.25. The predicted molar refractivity (Wildman–Crippen MR) is 55.1 cm³/mol. The molecule has 0 saturated heterocycles. The van der Waals surface area contributed by atoms with Crippen LogP contribution in [0.25, 0.3) is 4.85 Å². The zero-order chi connectivity index (χ0) is 10.4. The van der Waals surface area contributed by atoms with E-state index in [2.05, 4.69) is 4.85 Å².